The number of nitrogens with zero attached hydrogens (tertiary/aromatic N) is 2. The summed E-state index contributed by atoms with van der Waals surface area (Å²) in [5.41, 5.74) is 0. The third-order valence-electron chi connectivity index (χ3n) is 2.34. The van der Waals surface area contributed by atoms with E-state index in [-0.39, 0.29) is 21.7 Å². The van der Waals surface area contributed by atoms with Gasteiger partial charge in [0.25, 0.3) is 10.0 Å². The van der Waals surface area contributed by atoms with Crippen LogP contribution in [0, 0.1) is 0 Å². The molecule has 0 unspecified atom stereocenters. The van der Waals surface area contributed by atoms with Crippen molar-refractivity contribution in [2.24, 2.45) is 0 Å². The quantitative estimate of drug-likeness (QED) is 0.791. The number of hydrogen-bond acceptors (Lipinski definition) is 5. The Morgan fingerprint density at radius 3 is 2.81 bits per heavy atom. The first-order valence-corrected chi connectivity index (χ1v) is 8.51. The highest BCUT2D eigenvalue weighted by Crippen LogP contribution is 2.28. The van der Waals surface area contributed by atoms with Crippen LogP contribution in [0.5, 0.6) is 5.75 Å². The summed E-state index contributed by atoms with van der Waals surface area (Å²) in [5.74, 6) is 0.139. The van der Waals surface area contributed by atoms with E-state index in [0.29, 0.717) is 11.1 Å². The second-order valence-electron chi connectivity index (χ2n) is 3.83. The molecule has 2 aromatic rings. The van der Waals surface area contributed by atoms with Gasteiger partial charge < -0.3 is 4.74 Å². The number of ether oxygens (including phenoxy) is 1. The van der Waals surface area contributed by atoms with Gasteiger partial charge in [-0.1, -0.05) is 27.5 Å². The summed E-state index contributed by atoms with van der Waals surface area (Å²) in [6, 6.07) is 6.16. The van der Waals surface area contributed by atoms with Gasteiger partial charge in [-0.15, -0.1) is 0 Å². The van der Waals surface area contributed by atoms with E-state index in [2.05, 4.69) is 30.6 Å². The van der Waals surface area contributed by atoms with E-state index in [1.54, 1.807) is 19.1 Å². The Balaban J connectivity index is 2.41. The van der Waals surface area contributed by atoms with Gasteiger partial charge in [0.15, 0.2) is 0 Å². The van der Waals surface area contributed by atoms with Crippen molar-refractivity contribution in [3.63, 3.8) is 0 Å². The highest BCUT2D eigenvalue weighted by molar-refractivity contribution is 9.10. The Kier molecular flexibility index (Phi) is 5.02. The van der Waals surface area contributed by atoms with Crippen molar-refractivity contribution >= 4 is 43.5 Å². The number of nitrogens with one attached hydrogen (secondary N) is 1. The molecule has 1 N–H and O–H groups in total. The fourth-order valence-electron chi connectivity index (χ4n) is 1.53. The number of aromatic nitrogens is 2. The lowest BCUT2D eigenvalue weighted by Crippen LogP contribution is -2.16. The van der Waals surface area contributed by atoms with Crippen LogP contribution < -0.4 is 9.46 Å². The standard InChI is InChI=1S/C12H11BrClN3O3S/c1-2-20-9-4-3-8(13)7-10(9)21(18,19)17-12-15-6-5-11(14)16-12/h3-7H,2H2,1H3,(H,15,16,17). The SMILES string of the molecule is CCOc1ccc(Br)cc1S(=O)(=O)Nc1nccc(Cl)n1. The van der Waals surface area contributed by atoms with Crippen molar-refractivity contribution in [1.82, 2.24) is 9.97 Å². The van der Waals surface area contributed by atoms with E-state index in [0.717, 1.165) is 0 Å². The van der Waals surface area contributed by atoms with Gasteiger partial charge in [0, 0.05) is 10.7 Å². The molecular weight excluding hydrogens is 382 g/mol. The van der Waals surface area contributed by atoms with E-state index in [4.69, 9.17) is 16.3 Å². The summed E-state index contributed by atoms with van der Waals surface area (Å²) in [5, 5.41) is 0.141. The normalized spacial score (nSPS) is 11.2. The van der Waals surface area contributed by atoms with Crippen molar-refractivity contribution in [3.8, 4) is 5.75 Å². The first kappa shape index (κ1) is 16.0. The fourth-order valence-corrected chi connectivity index (χ4v) is 3.30. The van der Waals surface area contributed by atoms with Crippen LogP contribution in [-0.2, 0) is 10.0 Å². The maximum atomic E-state index is 12.4. The zero-order valence-corrected chi connectivity index (χ0v) is 14.0. The van der Waals surface area contributed by atoms with Gasteiger partial charge in [0.1, 0.15) is 15.8 Å². The van der Waals surface area contributed by atoms with E-state index in [1.807, 2.05) is 0 Å². The third-order valence-corrected chi connectivity index (χ3v) is 4.40. The van der Waals surface area contributed by atoms with Crippen molar-refractivity contribution in [2.45, 2.75) is 11.8 Å². The van der Waals surface area contributed by atoms with Crippen molar-refractivity contribution in [1.29, 1.82) is 0 Å². The van der Waals surface area contributed by atoms with Crippen LogP contribution in [0.3, 0.4) is 0 Å². The number of anilines is 1. The van der Waals surface area contributed by atoms with E-state index in [9.17, 15) is 8.42 Å². The number of sulfonamides is 1. The summed E-state index contributed by atoms with van der Waals surface area (Å²) in [6.45, 7) is 2.11. The van der Waals surface area contributed by atoms with Crippen LogP contribution in [0.1, 0.15) is 6.92 Å². The first-order valence-electron chi connectivity index (χ1n) is 5.86. The molecule has 9 heteroatoms. The van der Waals surface area contributed by atoms with Crippen molar-refractivity contribution in [2.75, 3.05) is 11.3 Å². The molecule has 0 bridgehead atoms. The zero-order chi connectivity index (χ0) is 15.5. The predicted molar refractivity (Wildman–Crippen MR) is 83.2 cm³/mol. The number of hydrogen-bond donors (Lipinski definition) is 1. The average molecular weight is 393 g/mol. The molecule has 0 radical (unpaired) electrons. The number of rotatable bonds is 5. The topological polar surface area (TPSA) is 81.2 Å². The average Bonchev–Trinajstić information content (AvgIpc) is 2.40. The molecule has 0 saturated heterocycles. The van der Waals surface area contributed by atoms with Crippen molar-refractivity contribution in [3.05, 3.63) is 40.1 Å². The highest BCUT2D eigenvalue weighted by Gasteiger charge is 2.21. The summed E-state index contributed by atoms with van der Waals surface area (Å²) < 4.78 is 33.1. The van der Waals surface area contributed by atoms with E-state index >= 15 is 0 Å². The Morgan fingerprint density at radius 2 is 2.14 bits per heavy atom. The molecule has 1 aromatic heterocycles. The molecule has 0 aliphatic carbocycles. The van der Waals surface area contributed by atoms with Crippen LogP contribution in [0.4, 0.5) is 5.95 Å². The first-order chi connectivity index (χ1) is 9.92. The Hall–Kier alpha value is -1.38. The largest absolute Gasteiger partial charge is 0.492 e. The molecule has 0 amide bonds. The van der Waals surface area contributed by atoms with E-state index in [1.165, 1.54) is 18.3 Å². The molecule has 6 nitrogen and oxygen atoms in total. The molecular formula is C12H11BrClN3O3S. The van der Waals surface area contributed by atoms with Crippen LogP contribution >= 0.6 is 27.5 Å². The second-order valence-corrected chi connectivity index (χ2v) is 6.79. The summed E-state index contributed by atoms with van der Waals surface area (Å²) in [6.07, 6.45) is 1.36. The van der Waals surface area contributed by atoms with Gasteiger partial charge in [0.05, 0.1) is 6.61 Å². The van der Waals surface area contributed by atoms with Gasteiger partial charge in [0.2, 0.25) is 5.95 Å². The zero-order valence-electron chi connectivity index (χ0n) is 10.9. The van der Waals surface area contributed by atoms with Crippen molar-refractivity contribution < 1.29 is 13.2 Å². The number of halogens is 2. The molecule has 0 atom stereocenters. The molecule has 112 valence electrons. The van der Waals surface area contributed by atoms with Gasteiger partial charge in [-0.05, 0) is 31.2 Å². The molecule has 0 spiro atoms. The van der Waals surface area contributed by atoms with Crippen LogP contribution in [0.2, 0.25) is 5.15 Å². The van der Waals surface area contributed by atoms with Gasteiger partial charge in [-0.3, -0.25) is 0 Å². The third kappa shape index (κ3) is 4.05. The lowest BCUT2D eigenvalue weighted by molar-refractivity contribution is 0.331. The molecule has 1 heterocycles. The highest BCUT2D eigenvalue weighted by atomic mass is 79.9. The summed E-state index contributed by atoms with van der Waals surface area (Å²) in [7, 11) is -3.89. The Morgan fingerprint density at radius 1 is 1.38 bits per heavy atom. The maximum Gasteiger partial charge on any atom is 0.267 e. The fraction of sp³-hybridized carbons (Fsp3) is 0.167. The predicted octanol–water partition coefficient (Wildman–Crippen LogP) is 3.09. The summed E-state index contributed by atoms with van der Waals surface area (Å²) >= 11 is 8.94. The van der Waals surface area contributed by atoms with Gasteiger partial charge in [-0.2, -0.15) is 0 Å². The molecule has 0 aliphatic heterocycles. The molecule has 2 rings (SSSR count). The molecule has 1 aromatic carbocycles. The smallest absolute Gasteiger partial charge is 0.267 e. The second kappa shape index (κ2) is 6.59. The minimum Gasteiger partial charge on any atom is -0.492 e. The lowest BCUT2D eigenvalue weighted by atomic mass is 10.3. The molecule has 0 fully saturated rings. The molecule has 0 saturated carbocycles. The van der Waals surface area contributed by atoms with Crippen LogP contribution in [-0.4, -0.2) is 25.0 Å². The minimum absolute atomic E-state index is 0.0118. The van der Waals surface area contributed by atoms with Gasteiger partial charge >= 0.3 is 0 Å². The monoisotopic (exact) mass is 391 g/mol. The maximum absolute atomic E-state index is 12.4. The number of benzene rings is 1. The molecule has 0 aliphatic rings. The Labute approximate surface area is 135 Å². The van der Waals surface area contributed by atoms with Gasteiger partial charge in [-0.25, -0.2) is 23.1 Å². The van der Waals surface area contributed by atoms with Crippen LogP contribution in [0.15, 0.2) is 39.8 Å². The minimum atomic E-state index is -3.89. The summed E-state index contributed by atoms with van der Waals surface area (Å²) in [4.78, 5) is 7.59. The Bertz CT molecular complexity index is 755. The van der Waals surface area contributed by atoms with Crippen LogP contribution in [0.25, 0.3) is 0 Å². The molecule has 21 heavy (non-hydrogen) atoms. The van der Waals surface area contributed by atoms with E-state index < -0.39 is 10.0 Å². The lowest BCUT2D eigenvalue weighted by Gasteiger charge is -2.12.